The number of hydrogen-bond acceptors (Lipinski definition) is 6. The van der Waals surface area contributed by atoms with Crippen molar-refractivity contribution in [1.82, 2.24) is 9.62 Å². The van der Waals surface area contributed by atoms with Gasteiger partial charge in [0.25, 0.3) is 0 Å². The molecule has 1 fully saturated rings. The number of nitrogens with zero attached hydrogens (tertiary/aromatic N) is 2. The highest BCUT2D eigenvalue weighted by Crippen LogP contribution is 2.28. The minimum absolute atomic E-state index is 0.0819. The predicted molar refractivity (Wildman–Crippen MR) is 103 cm³/mol. The summed E-state index contributed by atoms with van der Waals surface area (Å²) in [6.07, 6.45) is 2.65. The molecule has 2 N–H and O–H groups in total. The SMILES string of the molecule is COc1ccc(NCc2ccccc2)cc1S(=O)(=O)NC1CCN(C#N)C1. The van der Waals surface area contributed by atoms with Crippen LogP contribution in [0.15, 0.2) is 53.4 Å². The Kier molecular flexibility index (Phi) is 5.84. The number of ether oxygens (including phenoxy) is 1. The Labute approximate surface area is 159 Å². The van der Waals surface area contributed by atoms with Gasteiger partial charge >= 0.3 is 0 Å². The molecular weight excluding hydrogens is 364 g/mol. The van der Waals surface area contributed by atoms with E-state index in [9.17, 15) is 8.42 Å². The molecule has 142 valence electrons. The average molecular weight is 386 g/mol. The van der Waals surface area contributed by atoms with Gasteiger partial charge < -0.3 is 15.0 Å². The predicted octanol–water partition coefficient (Wildman–Crippen LogP) is 2.14. The number of benzene rings is 2. The molecule has 0 amide bonds. The lowest BCUT2D eigenvalue weighted by molar-refractivity contribution is 0.402. The lowest BCUT2D eigenvalue weighted by Gasteiger charge is -2.16. The zero-order valence-corrected chi connectivity index (χ0v) is 15.9. The van der Waals surface area contributed by atoms with Gasteiger partial charge in [0, 0.05) is 31.4 Å². The van der Waals surface area contributed by atoms with Crippen LogP contribution in [0.2, 0.25) is 0 Å². The summed E-state index contributed by atoms with van der Waals surface area (Å²) in [5, 5.41) is 12.2. The van der Waals surface area contributed by atoms with Gasteiger partial charge in [-0.1, -0.05) is 30.3 Å². The highest BCUT2D eigenvalue weighted by Gasteiger charge is 2.28. The molecule has 0 radical (unpaired) electrons. The van der Waals surface area contributed by atoms with Gasteiger partial charge in [-0.25, -0.2) is 13.1 Å². The van der Waals surface area contributed by atoms with Gasteiger partial charge in [-0.15, -0.1) is 0 Å². The van der Waals surface area contributed by atoms with E-state index < -0.39 is 10.0 Å². The molecule has 0 spiro atoms. The third-order valence-corrected chi connectivity index (χ3v) is 5.99. The Bertz CT molecular complexity index is 926. The standard InChI is InChI=1S/C19H22N4O3S/c1-26-18-8-7-16(21-12-15-5-3-2-4-6-15)11-19(18)27(24,25)22-17-9-10-23(13-17)14-20/h2-8,11,17,21-22H,9-10,12-13H2,1H3. The Morgan fingerprint density at radius 2 is 2.04 bits per heavy atom. The smallest absolute Gasteiger partial charge is 0.244 e. The van der Waals surface area contributed by atoms with Crippen molar-refractivity contribution in [1.29, 1.82) is 5.26 Å². The number of methoxy groups -OCH3 is 1. The molecule has 3 rings (SSSR count). The Morgan fingerprint density at radius 3 is 2.70 bits per heavy atom. The van der Waals surface area contributed by atoms with Crippen LogP contribution in [0.25, 0.3) is 0 Å². The van der Waals surface area contributed by atoms with Crippen LogP contribution in [0.1, 0.15) is 12.0 Å². The molecule has 8 heteroatoms. The minimum Gasteiger partial charge on any atom is -0.495 e. The van der Waals surface area contributed by atoms with Crippen LogP contribution >= 0.6 is 0 Å². The van der Waals surface area contributed by atoms with Crippen molar-refractivity contribution in [2.45, 2.75) is 23.9 Å². The molecule has 1 heterocycles. The van der Waals surface area contributed by atoms with Gasteiger partial charge in [0.2, 0.25) is 10.0 Å². The van der Waals surface area contributed by atoms with E-state index in [0.29, 0.717) is 31.7 Å². The molecule has 1 aliphatic rings. The van der Waals surface area contributed by atoms with Gasteiger partial charge in [-0.3, -0.25) is 0 Å². The number of likely N-dealkylation sites (tertiary alicyclic amines) is 1. The lowest BCUT2D eigenvalue weighted by Crippen LogP contribution is -2.36. The van der Waals surface area contributed by atoms with E-state index in [2.05, 4.69) is 10.0 Å². The molecule has 2 aromatic rings. The van der Waals surface area contributed by atoms with Crippen LogP contribution < -0.4 is 14.8 Å². The zero-order valence-electron chi connectivity index (χ0n) is 15.1. The molecule has 1 unspecified atom stereocenters. The fourth-order valence-corrected chi connectivity index (χ4v) is 4.48. The molecule has 1 saturated heterocycles. The van der Waals surface area contributed by atoms with Crippen molar-refractivity contribution in [2.24, 2.45) is 0 Å². The van der Waals surface area contributed by atoms with Gasteiger partial charge in [-0.2, -0.15) is 5.26 Å². The maximum Gasteiger partial charge on any atom is 0.244 e. The third-order valence-electron chi connectivity index (χ3n) is 4.44. The first-order chi connectivity index (χ1) is 13.0. The van der Waals surface area contributed by atoms with E-state index in [0.717, 1.165) is 5.56 Å². The maximum atomic E-state index is 12.9. The Morgan fingerprint density at radius 1 is 1.26 bits per heavy atom. The molecule has 0 saturated carbocycles. The zero-order chi connectivity index (χ0) is 19.3. The molecule has 1 atom stereocenters. The average Bonchev–Trinajstić information content (AvgIpc) is 3.14. The molecule has 1 aliphatic heterocycles. The summed E-state index contributed by atoms with van der Waals surface area (Å²) in [4.78, 5) is 1.63. The van der Waals surface area contributed by atoms with Crippen LogP contribution in [0.5, 0.6) is 5.75 Å². The van der Waals surface area contributed by atoms with Crippen LogP contribution in [0.4, 0.5) is 5.69 Å². The van der Waals surface area contributed by atoms with Crippen molar-refractivity contribution in [2.75, 3.05) is 25.5 Å². The Hall–Kier alpha value is -2.76. The summed E-state index contributed by atoms with van der Waals surface area (Å²) in [5.74, 6) is 0.280. The normalized spacial score (nSPS) is 16.7. The summed E-state index contributed by atoms with van der Waals surface area (Å²) < 4.78 is 33.7. The van der Waals surface area contributed by atoms with Gasteiger partial charge in [-0.05, 0) is 30.2 Å². The molecule has 27 heavy (non-hydrogen) atoms. The third kappa shape index (κ3) is 4.70. The largest absolute Gasteiger partial charge is 0.495 e. The van der Waals surface area contributed by atoms with E-state index in [1.54, 1.807) is 23.1 Å². The number of nitriles is 1. The second kappa shape index (κ2) is 8.29. The van der Waals surface area contributed by atoms with Crippen molar-refractivity contribution in [3.05, 3.63) is 54.1 Å². The summed E-state index contributed by atoms with van der Waals surface area (Å²) in [6, 6.07) is 14.6. The van der Waals surface area contributed by atoms with Crippen molar-refractivity contribution < 1.29 is 13.2 Å². The van der Waals surface area contributed by atoms with E-state index in [1.807, 2.05) is 36.5 Å². The number of sulfonamides is 1. The van der Waals surface area contributed by atoms with Crippen LogP contribution in [0.3, 0.4) is 0 Å². The first-order valence-electron chi connectivity index (χ1n) is 8.64. The van der Waals surface area contributed by atoms with Crippen molar-refractivity contribution in [3.8, 4) is 11.9 Å². The van der Waals surface area contributed by atoms with Crippen molar-refractivity contribution in [3.63, 3.8) is 0 Å². The molecular formula is C19H22N4O3S. The second-order valence-corrected chi connectivity index (χ2v) is 8.04. The Balaban J connectivity index is 1.77. The summed E-state index contributed by atoms with van der Waals surface area (Å²) in [7, 11) is -2.33. The molecule has 0 aromatic heterocycles. The first kappa shape index (κ1) is 19.0. The van der Waals surface area contributed by atoms with Crippen LogP contribution in [0, 0.1) is 11.5 Å². The summed E-state index contributed by atoms with van der Waals surface area (Å²) in [5.41, 5.74) is 1.78. The monoisotopic (exact) mass is 386 g/mol. The highest BCUT2D eigenvalue weighted by atomic mass is 32.2. The van der Waals surface area contributed by atoms with Gasteiger partial charge in [0.15, 0.2) is 6.19 Å². The van der Waals surface area contributed by atoms with Crippen LogP contribution in [-0.2, 0) is 16.6 Å². The van der Waals surface area contributed by atoms with E-state index >= 15 is 0 Å². The van der Waals surface area contributed by atoms with Gasteiger partial charge in [0.1, 0.15) is 10.6 Å². The topological polar surface area (TPSA) is 94.5 Å². The quantitative estimate of drug-likeness (QED) is 0.708. The number of hydrogen-bond donors (Lipinski definition) is 2. The van der Waals surface area contributed by atoms with Crippen molar-refractivity contribution >= 4 is 15.7 Å². The number of anilines is 1. The van der Waals surface area contributed by atoms with E-state index in [4.69, 9.17) is 10.00 Å². The molecule has 0 bridgehead atoms. The minimum atomic E-state index is -3.77. The molecule has 0 aliphatic carbocycles. The fraction of sp³-hybridized carbons (Fsp3) is 0.316. The fourth-order valence-electron chi connectivity index (χ4n) is 3.03. The number of nitrogens with one attached hydrogen (secondary N) is 2. The lowest BCUT2D eigenvalue weighted by atomic mass is 10.2. The number of rotatable bonds is 7. The molecule has 2 aromatic carbocycles. The van der Waals surface area contributed by atoms with Crippen LogP contribution in [-0.4, -0.2) is 39.6 Å². The highest BCUT2D eigenvalue weighted by molar-refractivity contribution is 7.89. The maximum absolute atomic E-state index is 12.9. The summed E-state index contributed by atoms with van der Waals surface area (Å²) >= 11 is 0. The van der Waals surface area contributed by atoms with E-state index in [-0.39, 0.29) is 16.7 Å². The summed E-state index contributed by atoms with van der Waals surface area (Å²) in [6.45, 7) is 1.52. The first-order valence-corrected chi connectivity index (χ1v) is 10.1. The molecule has 7 nitrogen and oxygen atoms in total. The van der Waals surface area contributed by atoms with Gasteiger partial charge in [0.05, 0.1) is 7.11 Å². The second-order valence-electron chi connectivity index (χ2n) is 6.36. The van der Waals surface area contributed by atoms with E-state index in [1.165, 1.54) is 7.11 Å².